The first-order valence-corrected chi connectivity index (χ1v) is 17.1. The van der Waals surface area contributed by atoms with Gasteiger partial charge in [0.1, 0.15) is 5.58 Å². The maximum absolute atomic E-state index is 6.20. The Hall–Kier alpha value is -3.78. The number of rotatable bonds is 6. The fraction of sp³-hybridized carbons (Fsp3) is 0.231. The number of anilines is 2. The van der Waals surface area contributed by atoms with Gasteiger partial charge in [0.2, 0.25) is 0 Å². The van der Waals surface area contributed by atoms with Crippen molar-refractivity contribution in [2.75, 3.05) is 38.0 Å². The Morgan fingerprint density at radius 1 is 0.795 bits per heavy atom. The zero-order valence-electron chi connectivity index (χ0n) is 26.5. The van der Waals surface area contributed by atoms with E-state index in [4.69, 9.17) is 9.15 Å². The molecule has 44 heavy (non-hydrogen) atoms. The van der Waals surface area contributed by atoms with E-state index in [0.29, 0.717) is 0 Å². The molecule has 1 aliphatic heterocycles. The summed E-state index contributed by atoms with van der Waals surface area (Å²) in [6.07, 6.45) is 16.5. The summed E-state index contributed by atoms with van der Waals surface area (Å²) in [5, 5.41) is 1.14. The predicted octanol–water partition coefficient (Wildman–Crippen LogP) is 9.24. The average Bonchev–Trinajstić information content (AvgIpc) is 3.40. The topological polar surface area (TPSA) is 28.9 Å². The van der Waals surface area contributed by atoms with Crippen LogP contribution in [0, 0.1) is 13.8 Å². The van der Waals surface area contributed by atoms with Crippen molar-refractivity contribution in [3.8, 4) is 5.75 Å². The number of hydrogen-bond donors (Lipinski definition) is 0. The van der Waals surface area contributed by atoms with Crippen LogP contribution >= 0.6 is 0 Å². The van der Waals surface area contributed by atoms with Crippen LogP contribution in [0.3, 0.4) is 0 Å². The monoisotopic (exact) mass is 775 g/mol. The summed E-state index contributed by atoms with van der Waals surface area (Å²) < 4.78 is 13.2. The molecule has 221 valence electrons. The van der Waals surface area contributed by atoms with Gasteiger partial charge in [-0.15, -0.1) is 0 Å². The quantitative estimate of drug-likeness (QED) is 0.183. The molecule has 3 aromatic carbocycles. The van der Waals surface area contributed by atoms with Crippen molar-refractivity contribution in [2.45, 2.75) is 33.1 Å². The number of benzene rings is 3. The van der Waals surface area contributed by atoms with Crippen LogP contribution in [0.1, 0.15) is 47.1 Å². The molecule has 1 aliphatic carbocycles. The number of ether oxygens (including phenoxy) is 1. The maximum atomic E-state index is 6.20. The van der Waals surface area contributed by atoms with Gasteiger partial charge in [-0.1, -0.05) is 0 Å². The number of nitrogens with zero attached hydrogens (tertiary/aromatic N) is 2. The summed E-state index contributed by atoms with van der Waals surface area (Å²) in [5.41, 5.74) is 14.6. The second kappa shape index (κ2) is 12.7. The number of allylic oxidation sites excluding steroid dienone is 8. The average molecular weight is 775 g/mol. The van der Waals surface area contributed by atoms with E-state index >= 15 is 0 Å². The first-order valence-electron chi connectivity index (χ1n) is 15.2. The van der Waals surface area contributed by atoms with Crippen LogP contribution in [0.5, 0.6) is 5.75 Å². The van der Waals surface area contributed by atoms with Crippen molar-refractivity contribution in [3.63, 3.8) is 0 Å². The Labute approximate surface area is 277 Å². The van der Waals surface area contributed by atoms with Crippen molar-refractivity contribution < 1.29 is 9.15 Å². The molecule has 0 N–H and O–H groups in total. The summed E-state index contributed by atoms with van der Waals surface area (Å²) in [6, 6.07) is 19.8. The zero-order valence-corrected chi connectivity index (χ0v) is 30.4. The van der Waals surface area contributed by atoms with Crippen LogP contribution in [0.25, 0.3) is 28.2 Å². The molecule has 2 aliphatic rings. The predicted molar refractivity (Wildman–Crippen MR) is 188 cm³/mol. The number of fused-ring (bicyclic) bond motifs is 2. The van der Waals surface area contributed by atoms with Gasteiger partial charge in [0.25, 0.3) is 0 Å². The van der Waals surface area contributed by atoms with E-state index < -0.39 is 0 Å². The van der Waals surface area contributed by atoms with Crippen LogP contribution in [0.2, 0.25) is 0 Å². The molecule has 0 fully saturated rings. The molecule has 0 saturated carbocycles. The Morgan fingerprint density at radius 3 is 2.27 bits per heavy atom. The van der Waals surface area contributed by atoms with Gasteiger partial charge in [-0.3, -0.25) is 0 Å². The van der Waals surface area contributed by atoms with Gasteiger partial charge in [0.05, 0.1) is 0 Å². The van der Waals surface area contributed by atoms with Crippen molar-refractivity contribution in [1.29, 1.82) is 0 Å². The molecule has 0 amide bonds. The second-order valence-corrected chi connectivity index (χ2v) is 14.1. The van der Waals surface area contributed by atoms with Gasteiger partial charge in [-0.25, -0.2) is 0 Å². The van der Waals surface area contributed by atoms with Gasteiger partial charge >= 0.3 is 226 Å². The summed E-state index contributed by atoms with van der Waals surface area (Å²) >= 11 is 0.857. The normalized spacial score (nSPS) is 16.9. The third kappa shape index (κ3) is 6.36. The van der Waals surface area contributed by atoms with Crippen molar-refractivity contribution in [1.82, 2.24) is 0 Å². The molecule has 0 bridgehead atoms. The number of furan rings is 1. The summed E-state index contributed by atoms with van der Waals surface area (Å²) in [7, 11) is 8.23. The molecule has 0 unspecified atom stereocenters. The minimum absolute atomic E-state index is 0.857. The Morgan fingerprint density at radius 2 is 1.52 bits per heavy atom. The molecular weight excluding hydrogens is 736 g/mol. The summed E-state index contributed by atoms with van der Waals surface area (Å²) in [4.78, 5) is 4.22. The standard InChI is InChI=1S/C39H39N2O2.Pb/c1-26-20-27(2)22-32(21-26)39-29(11-10-28-18-19-42-37-23-33(40(3)4)14-16-35(28)37)8-7-9-30(39)12-13-31-25-43-38-24-34(41(5)6)15-17-36(31)38;/h10-18,20-25H,7-9H2,1-6H3;/b13-12+,28-10+,29-11+;. The van der Waals surface area contributed by atoms with Crippen LogP contribution < -0.4 is 14.5 Å². The summed E-state index contributed by atoms with van der Waals surface area (Å²) in [6.45, 7) is 4.39. The molecular formula is C39H39N2O2Pb. The van der Waals surface area contributed by atoms with Gasteiger partial charge < -0.3 is 9.32 Å². The van der Waals surface area contributed by atoms with Crippen molar-refractivity contribution in [2.24, 2.45) is 0 Å². The van der Waals surface area contributed by atoms with Gasteiger partial charge in [-0.05, 0) is 12.1 Å². The van der Waals surface area contributed by atoms with E-state index in [-0.39, 0.29) is 0 Å². The SMILES string of the molecule is Cc1cc(C)cc(C2=C(/C=C/c3coc4cc(N(C)C)ccc34)CCC/C2=C\C=C2/C=[C]([Pb])Oc3cc(N(C)C)ccc32)c1. The molecule has 0 spiro atoms. The Bertz CT molecular complexity index is 1880. The van der Waals surface area contributed by atoms with Crippen molar-refractivity contribution in [3.05, 3.63) is 127 Å². The fourth-order valence-corrected chi connectivity index (χ4v) is 7.22. The van der Waals surface area contributed by atoms with Gasteiger partial charge in [-0.2, -0.15) is 0 Å². The zero-order chi connectivity index (χ0) is 31.0. The molecule has 4 nitrogen and oxygen atoms in total. The fourth-order valence-electron chi connectivity index (χ4n) is 6.19. The van der Waals surface area contributed by atoms with E-state index in [0.717, 1.165) is 87.6 Å². The van der Waals surface area contributed by atoms with E-state index in [1.54, 1.807) is 0 Å². The molecule has 5 heteroatoms. The van der Waals surface area contributed by atoms with Gasteiger partial charge in [0.15, 0.2) is 0 Å². The van der Waals surface area contributed by atoms with E-state index in [1.807, 2.05) is 6.26 Å². The number of aryl methyl sites for hydroxylation is 2. The molecule has 0 saturated heterocycles. The van der Waals surface area contributed by atoms with E-state index in [9.17, 15) is 0 Å². The molecule has 3 radical (unpaired) electrons. The Balaban J connectivity index is 1.44. The van der Waals surface area contributed by atoms with Gasteiger partial charge in [0, 0.05) is 25.8 Å². The van der Waals surface area contributed by atoms with Crippen LogP contribution in [-0.2, 0) is 0 Å². The first-order chi connectivity index (χ1) is 21.2. The first kappa shape index (κ1) is 30.3. The summed E-state index contributed by atoms with van der Waals surface area (Å²) in [5.74, 6) is 0.940. The third-order valence-electron chi connectivity index (χ3n) is 8.38. The second-order valence-electron chi connectivity index (χ2n) is 12.2. The molecule has 6 rings (SSSR count). The van der Waals surface area contributed by atoms with E-state index in [2.05, 4.69) is 137 Å². The van der Waals surface area contributed by atoms with Crippen molar-refractivity contribution >= 4 is 65.3 Å². The Kier molecular flexibility index (Phi) is 8.72. The molecule has 1 aromatic heterocycles. The third-order valence-corrected chi connectivity index (χ3v) is 9.34. The van der Waals surface area contributed by atoms with Crippen LogP contribution in [0.15, 0.2) is 104 Å². The van der Waals surface area contributed by atoms with Crippen LogP contribution in [-0.4, -0.2) is 54.0 Å². The minimum atomic E-state index is 0.857. The number of hydrogen-bond acceptors (Lipinski definition) is 4. The molecule has 2 heterocycles. The van der Waals surface area contributed by atoms with Crippen LogP contribution in [0.4, 0.5) is 11.4 Å². The molecule has 0 atom stereocenters. The molecule has 4 aromatic rings. The van der Waals surface area contributed by atoms with E-state index in [1.165, 1.54) is 39.0 Å².